The maximum Gasteiger partial charge on any atom is 0.135 e. The Labute approximate surface area is 169 Å². The molecular formula is C25H23NO3. The molecule has 4 heteroatoms. The quantitative estimate of drug-likeness (QED) is 0.444. The predicted octanol–water partition coefficient (Wildman–Crippen LogP) is 6.23. The molecule has 1 aromatic heterocycles. The summed E-state index contributed by atoms with van der Waals surface area (Å²) in [4.78, 5) is 0. The lowest BCUT2D eigenvalue weighted by atomic mass is 9.77. The first kappa shape index (κ1) is 16.9. The molecule has 3 aromatic carbocycles. The molecule has 0 aliphatic carbocycles. The molecule has 4 aromatic rings. The van der Waals surface area contributed by atoms with Crippen molar-refractivity contribution in [2.75, 3.05) is 19.0 Å². The van der Waals surface area contributed by atoms with Crippen molar-refractivity contribution in [1.29, 1.82) is 0 Å². The minimum Gasteiger partial charge on any atom is -0.497 e. The van der Waals surface area contributed by atoms with Crippen molar-refractivity contribution in [2.45, 2.75) is 25.0 Å². The minimum absolute atomic E-state index is 0.0943. The molecule has 0 bridgehead atoms. The molecule has 0 spiro atoms. The van der Waals surface area contributed by atoms with Gasteiger partial charge >= 0.3 is 0 Å². The molecule has 4 nitrogen and oxygen atoms in total. The van der Waals surface area contributed by atoms with Crippen LogP contribution in [0.1, 0.15) is 36.1 Å². The number of hydrogen-bond acceptors (Lipinski definition) is 4. The number of rotatable bonds is 2. The highest BCUT2D eigenvalue weighted by Crippen LogP contribution is 2.50. The Bertz CT molecular complexity index is 1210. The summed E-state index contributed by atoms with van der Waals surface area (Å²) in [6, 6.07) is 21.3. The van der Waals surface area contributed by atoms with Crippen molar-refractivity contribution in [3.8, 4) is 5.75 Å². The van der Waals surface area contributed by atoms with Gasteiger partial charge in [0.15, 0.2) is 0 Å². The van der Waals surface area contributed by atoms with Crippen molar-refractivity contribution >= 4 is 27.6 Å². The van der Waals surface area contributed by atoms with E-state index < -0.39 is 0 Å². The van der Waals surface area contributed by atoms with E-state index in [1.165, 1.54) is 21.9 Å². The van der Waals surface area contributed by atoms with E-state index in [4.69, 9.17) is 13.9 Å². The lowest BCUT2D eigenvalue weighted by Crippen LogP contribution is -2.36. The third-order valence-corrected chi connectivity index (χ3v) is 6.43. The van der Waals surface area contributed by atoms with E-state index >= 15 is 0 Å². The Hall–Kier alpha value is -2.98. The van der Waals surface area contributed by atoms with Gasteiger partial charge in [0.2, 0.25) is 0 Å². The molecule has 1 fully saturated rings. The summed E-state index contributed by atoms with van der Waals surface area (Å²) in [5, 5.41) is 6.15. The van der Waals surface area contributed by atoms with Gasteiger partial charge in [-0.1, -0.05) is 24.3 Å². The first-order valence-electron chi connectivity index (χ1n) is 10.3. The Balaban J connectivity index is 1.48. The van der Waals surface area contributed by atoms with E-state index in [0.29, 0.717) is 5.92 Å². The van der Waals surface area contributed by atoms with Crippen LogP contribution >= 0.6 is 0 Å². The van der Waals surface area contributed by atoms with E-state index in [-0.39, 0.29) is 12.1 Å². The second-order valence-corrected chi connectivity index (χ2v) is 8.03. The molecular weight excluding hydrogens is 362 g/mol. The molecule has 3 heterocycles. The third kappa shape index (κ3) is 2.63. The molecule has 29 heavy (non-hydrogen) atoms. The number of methoxy groups -OCH3 is 1. The molecule has 0 radical (unpaired) electrons. The van der Waals surface area contributed by atoms with Gasteiger partial charge in [-0.05, 0) is 54.8 Å². The summed E-state index contributed by atoms with van der Waals surface area (Å²) < 4.78 is 17.8. The maximum atomic E-state index is 6.29. The van der Waals surface area contributed by atoms with Crippen molar-refractivity contribution in [3.63, 3.8) is 0 Å². The van der Waals surface area contributed by atoms with E-state index in [0.717, 1.165) is 42.1 Å². The van der Waals surface area contributed by atoms with Crippen LogP contribution < -0.4 is 10.1 Å². The first-order valence-corrected chi connectivity index (χ1v) is 10.3. The molecule has 0 amide bonds. The highest BCUT2D eigenvalue weighted by atomic mass is 16.5. The van der Waals surface area contributed by atoms with Crippen molar-refractivity contribution in [2.24, 2.45) is 5.92 Å². The molecule has 2 aliphatic heterocycles. The van der Waals surface area contributed by atoms with Crippen LogP contribution in [0.4, 0.5) is 5.69 Å². The van der Waals surface area contributed by atoms with Gasteiger partial charge in [-0.25, -0.2) is 0 Å². The monoisotopic (exact) mass is 385 g/mol. The van der Waals surface area contributed by atoms with E-state index in [2.05, 4.69) is 47.8 Å². The smallest absolute Gasteiger partial charge is 0.135 e. The molecule has 146 valence electrons. The average molecular weight is 385 g/mol. The van der Waals surface area contributed by atoms with Gasteiger partial charge in [0.05, 0.1) is 19.3 Å². The fourth-order valence-corrected chi connectivity index (χ4v) is 5.04. The fraction of sp³-hybridized carbons (Fsp3) is 0.280. The molecule has 3 atom stereocenters. The lowest BCUT2D eigenvalue weighted by molar-refractivity contribution is -0.0382. The normalized spacial score (nSPS) is 23.4. The largest absolute Gasteiger partial charge is 0.497 e. The zero-order valence-corrected chi connectivity index (χ0v) is 16.4. The number of fused-ring (bicyclic) bond motifs is 6. The second kappa shape index (κ2) is 6.53. The lowest BCUT2D eigenvalue weighted by Gasteiger charge is -2.43. The van der Waals surface area contributed by atoms with Gasteiger partial charge in [-0.15, -0.1) is 0 Å². The second-order valence-electron chi connectivity index (χ2n) is 8.03. The molecule has 1 N–H and O–H groups in total. The van der Waals surface area contributed by atoms with Crippen LogP contribution in [0.15, 0.2) is 65.1 Å². The summed E-state index contributed by atoms with van der Waals surface area (Å²) in [5.74, 6) is 1.27. The summed E-state index contributed by atoms with van der Waals surface area (Å²) in [6.45, 7) is 0.815. The molecule has 1 saturated heterocycles. The third-order valence-electron chi connectivity index (χ3n) is 6.43. The number of furan rings is 1. The Morgan fingerprint density at radius 3 is 2.79 bits per heavy atom. The van der Waals surface area contributed by atoms with Crippen molar-refractivity contribution < 1.29 is 13.9 Å². The Morgan fingerprint density at radius 2 is 1.86 bits per heavy atom. The number of para-hydroxylation sites is 1. The standard InChI is InChI=1S/C25H23NO3/c1-27-16-9-10-21-20(14-16)25-18(6-4-12-28-25)24(26-21)15-8-11-23-19(13-15)17-5-2-3-7-22(17)29-23/h2-3,5,7-11,13-14,18,24-26H,4,6,12H2,1H3/t18-,24-,25-/m1/s1. The SMILES string of the molecule is COc1ccc2c(c1)[C@@H]1OCCC[C@@H]1[C@@H](c1ccc3oc4ccccc4c3c1)N2. The van der Waals surface area contributed by atoms with Crippen LogP contribution in [0.3, 0.4) is 0 Å². The van der Waals surface area contributed by atoms with Gasteiger partial charge in [0.1, 0.15) is 16.9 Å². The Morgan fingerprint density at radius 1 is 0.966 bits per heavy atom. The summed E-state index contributed by atoms with van der Waals surface area (Å²) in [5.41, 5.74) is 5.50. The maximum absolute atomic E-state index is 6.29. The number of ether oxygens (including phenoxy) is 2. The van der Waals surface area contributed by atoms with Crippen LogP contribution in [-0.2, 0) is 4.74 Å². The topological polar surface area (TPSA) is 43.6 Å². The van der Waals surface area contributed by atoms with Gasteiger partial charge < -0.3 is 19.2 Å². The average Bonchev–Trinajstić information content (AvgIpc) is 3.16. The van der Waals surface area contributed by atoms with Crippen LogP contribution in [0, 0.1) is 5.92 Å². The van der Waals surface area contributed by atoms with Gasteiger partial charge in [-0.3, -0.25) is 0 Å². The zero-order valence-electron chi connectivity index (χ0n) is 16.4. The van der Waals surface area contributed by atoms with Crippen molar-refractivity contribution in [3.05, 3.63) is 71.8 Å². The molecule has 2 aliphatic rings. The van der Waals surface area contributed by atoms with Gasteiger partial charge in [-0.2, -0.15) is 0 Å². The highest BCUT2D eigenvalue weighted by Gasteiger charge is 2.40. The number of anilines is 1. The van der Waals surface area contributed by atoms with E-state index in [1.54, 1.807) is 7.11 Å². The van der Waals surface area contributed by atoms with Gasteiger partial charge in [0, 0.05) is 34.5 Å². The van der Waals surface area contributed by atoms with E-state index in [9.17, 15) is 0 Å². The minimum atomic E-state index is 0.0943. The molecule has 0 unspecified atom stereocenters. The number of benzene rings is 3. The van der Waals surface area contributed by atoms with Crippen LogP contribution in [0.25, 0.3) is 21.9 Å². The summed E-state index contributed by atoms with van der Waals surface area (Å²) in [6.07, 6.45) is 2.33. The van der Waals surface area contributed by atoms with Gasteiger partial charge in [0.25, 0.3) is 0 Å². The first-order chi connectivity index (χ1) is 14.3. The summed E-state index contributed by atoms with van der Waals surface area (Å²) >= 11 is 0. The van der Waals surface area contributed by atoms with E-state index in [1.807, 2.05) is 18.2 Å². The zero-order chi connectivity index (χ0) is 19.4. The number of hydrogen-bond donors (Lipinski definition) is 1. The molecule has 6 rings (SSSR count). The predicted molar refractivity (Wildman–Crippen MR) is 114 cm³/mol. The Kier molecular flexibility index (Phi) is 3.81. The highest BCUT2D eigenvalue weighted by molar-refractivity contribution is 6.05. The summed E-state index contributed by atoms with van der Waals surface area (Å²) in [7, 11) is 1.71. The van der Waals surface area contributed by atoms with Crippen LogP contribution in [0.2, 0.25) is 0 Å². The van der Waals surface area contributed by atoms with Crippen molar-refractivity contribution in [1.82, 2.24) is 0 Å². The molecule has 0 saturated carbocycles. The van der Waals surface area contributed by atoms with Crippen LogP contribution in [-0.4, -0.2) is 13.7 Å². The van der Waals surface area contributed by atoms with Crippen LogP contribution in [0.5, 0.6) is 5.75 Å². The number of nitrogens with one attached hydrogen (secondary N) is 1. The fourth-order valence-electron chi connectivity index (χ4n) is 5.04.